The van der Waals surface area contributed by atoms with Crippen molar-refractivity contribution in [2.24, 2.45) is 5.92 Å². The molecular formula is C16H20BrClN2O3. The van der Waals surface area contributed by atoms with Crippen LogP contribution in [-0.4, -0.2) is 42.6 Å². The van der Waals surface area contributed by atoms with E-state index in [1.54, 1.807) is 30.1 Å². The van der Waals surface area contributed by atoms with Gasteiger partial charge in [-0.05, 0) is 54.9 Å². The van der Waals surface area contributed by atoms with E-state index in [9.17, 15) is 9.59 Å². The van der Waals surface area contributed by atoms with Gasteiger partial charge in [-0.15, -0.1) is 0 Å². The molecule has 2 amide bonds. The number of ether oxygens (including phenoxy) is 1. The molecule has 1 aromatic carbocycles. The Kier molecular flexibility index (Phi) is 5.26. The first-order valence-corrected chi connectivity index (χ1v) is 8.46. The molecule has 1 aliphatic heterocycles. The Morgan fingerprint density at radius 3 is 2.52 bits per heavy atom. The van der Waals surface area contributed by atoms with Crippen molar-refractivity contribution in [3.05, 3.63) is 27.7 Å². The number of benzene rings is 1. The maximum absolute atomic E-state index is 12.5. The Morgan fingerprint density at radius 1 is 1.35 bits per heavy atom. The Bertz CT molecular complexity index is 624. The fraction of sp³-hybridized carbons (Fsp3) is 0.500. The maximum Gasteiger partial charge on any atom is 0.410 e. The van der Waals surface area contributed by atoms with Crippen molar-refractivity contribution in [2.75, 3.05) is 25.0 Å². The van der Waals surface area contributed by atoms with Gasteiger partial charge in [0, 0.05) is 29.6 Å². The van der Waals surface area contributed by atoms with Gasteiger partial charge in [0.1, 0.15) is 5.60 Å². The summed E-state index contributed by atoms with van der Waals surface area (Å²) < 4.78 is 6.08. The number of anilines is 1. The second kappa shape index (κ2) is 6.69. The van der Waals surface area contributed by atoms with E-state index >= 15 is 0 Å². The molecule has 0 radical (unpaired) electrons. The monoisotopic (exact) mass is 402 g/mol. The number of hydrogen-bond acceptors (Lipinski definition) is 3. The topological polar surface area (TPSA) is 49.9 Å². The molecular weight excluding hydrogens is 384 g/mol. The minimum Gasteiger partial charge on any atom is -0.444 e. The standard InChI is InChI=1S/C16H20BrClN2O3/c1-16(2,3)23-15(22)20-8-10(9-20)14(21)19(4)13-7-11(18)5-6-12(13)17/h5-7,10H,8-9H2,1-4H3. The molecule has 0 unspecified atom stereocenters. The van der Waals surface area contributed by atoms with Gasteiger partial charge >= 0.3 is 6.09 Å². The van der Waals surface area contributed by atoms with Crippen molar-refractivity contribution in [1.29, 1.82) is 0 Å². The van der Waals surface area contributed by atoms with Crippen LogP contribution in [0.1, 0.15) is 20.8 Å². The predicted octanol–water partition coefficient (Wildman–Crippen LogP) is 3.93. The van der Waals surface area contributed by atoms with Crippen molar-refractivity contribution < 1.29 is 14.3 Å². The summed E-state index contributed by atoms with van der Waals surface area (Å²) in [6.07, 6.45) is -0.381. The van der Waals surface area contributed by atoms with Crippen LogP contribution in [0.3, 0.4) is 0 Å². The van der Waals surface area contributed by atoms with Gasteiger partial charge in [0.05, 0.1) is 11.6 Å². The molecule has 0 aromatic heterocycles. The molecule has 5 nitrogen and oxygen atoms in total. The molecule has 7 heteroatoms. The van der Waals surface area contributed by atoms with Gasteiger partial charge in [-0.25, -0.2) is 4.79 Å². The minimum absolute atomic E-state index is 0.0484. The molecule has 2 rings (SSSR count). The van der Waals surface area contributed by atoms with Gasteiger partial charge < -0.3 is 14.5 Å². The molecule has 1 heterocycles. The smallest absolute Gasteiger partial charge is 0.410 e. The molecule has 1 fully saturated rings. The second-order valence-electron chi connectivity index (χ2n) is 6.58. The summed E-state index contributed by atoms with van der Waals surface area (Å²) in [5.41, 5.74) is 0.174. The first-order valence-electron chi connectivity index (χ1n) is 7.29. The Balaban J connectivity index is 1.96. The molecule has 1 aromatic rings. The van der Waals surface area contributed by atoms with Crippen LogP contribution in [-0.2, 0) is 9.53 Å². The van der Waals surface area contributed by atoms with Crippen LogP contribution in [0.25, 0.3) is 0 Å². The van der Waals surface area contributed by atoms with E-state index in [4.69, 9.17) is 16.3 Å². The zero-order chi connectivity index (χ0) is 17.4. The Hall–Kier alpha value is -1.27. The van der Waals surface area contributed by atoms with Gasteiger partial charge in [0.25, 0.3) is 0 Å². The third-order valence-electron chi connectivity index (χ3n) is 3.48. The molecule has 0 bridgehead atoms. The highest BCUT2D eigenvalue weighted by Crippen LogP contribution is 2.31. The Morgan fingerprint density at radius 2 is 1.96 bits per heavy atom. The average Bonchev–Trinajstić information content (AvgIpc) is 2.36. The summed E-state index contributed by atoms with van der Waals surface area (Å²) in [6.45, 7) is 6.19. The fourth-order valence-electron chi connectivity index (χ4n) is 2.25. The lowest BCUT2D eigenvalue weighted by atomic mass is 9.99. The molecule has 0 aliphatic carbocycles. The average molecular weight is 404 g/mol. The van der Waals surface area contributed by atoms with E-state index in [1.807, 2.05) is 20.8 Å². The highest BCUT2D eigenvalue weighted by atomic mass is 79.9. The van der Waals surface area contributed by atoms with Crippen LogP contribution in [0.5, 0.6) is 0 Å². The van der Waals surface area contributed by atoms with Crippen LogP contribution >= 0.6 is 27.5 Å². The largest absolute Gasteiger partial charge is 0.444 e. The van der Waals surface area contributed by atoms with Gasteiger partial charge in [-0.1, -0.05) is 11.6 Å². The minimum atomic E-state index is -0.533. The molecule has 1 aliphatic rings. The lowest BCUT2D eigenvalue weighted by Crippen LogP contribution is -2.57. The summed E-state index contributed by atoms with van der Waals surface area (Å²) in [4.78, 5) is 27.5. The van der Waals surface area contributed by atoms with Gasteiger partial charge in [0.2, 0.25) is 5.91 Å². The second-order valence-corrected chi connectivity index (χ2v) is 7.87. The van der Waals surface area contributed by atoms with E-state index in [0.29, 0.717) is 23.8 Å². The quantitative estimate of drug-likeness (QED) is 0.752. The lowest BCUT2D eigenvalue weighted by molar-refractivity contribution is -0.126. The number of amides is 2. The summed E-state index contributed by atoms with van der Waals surface area (Å²) in [5.74, 6) is -0.272. The highest BCUT2D eigenvalue weighted by Gasteiger charge is 2.39. The number of likely N-dealkylation sites (tertiary alicyclic amines) is 1. The van der Waals surface area contributed by atoms with Crippen LogP contribution in [0.4, 0.5) is 10.5 Å². The van der Waals surface area contributed by atoms with Crippen LogP contribution in [0.2, 0.25) is 5.02 Å². The predicted molar refractivity (Wildman–Crippen MR) is 93.9 cm³/mol. The number of carbonyl (C=O) groups excluding carboxylic acids is 2. The van der Waals surface area contributed by atoms with Crippen LogP contribution < -0.4 is 4.90 Å². The fourth-order valence-corrected chi connectivity index (χ4v) is 2.92. The number of nitrogens with zero attached hydrogens (tertiary/aromatic N) is 2. The number of hydrogen-bond donors (Lipinski definition) is 0. The SMILES string of the molecule is CN(C(=O)C1CN(C(=O)OC(C)(C)C)C1)c1cc(Cl)ccc1Br. The normalized spacial score (nSPS) is 15.1. The van der Waals surface area contributed by atoms with E-state index in [1.165, 1.54) is 4.90 Å². The number of carbonyl (C=O) groups is 2. The van der Waals surface area contributed by atoms with Crippen molar-refractivity contribution in [3.8, 4) is 0 Å². The zero-order valence-corrected chi connectivity index (χ0v) is 15.9. The van der Waals surface area contributed by atoms with Crippen molar-refractivity contribution in [2.45, 2.75) is 26.4 Å². The van der Waals surface area contributed by atoms with Gasteiger partial charge in [-0.2, -0.15) is 0 Å². The Labute approximate surface area is 149 Å². The first kappa shape index (κ1) is 18.1. The molecule has 0 spiro atoms. The van der Waals surface area contributed by atoms with E-state index < -0.39 is 5.60 Å². The van der Waals surface area contributed by atoms with Crippen LogP contribution in [0, 0.1) is 5.92 Å². The lowest BCUT2D eigenvalue weighted by Gasteiger charge is -2.40. The van der Waals surface area contributed by atoms with E-state index in [-0.39, 0.29) is 17.9 Å². The summed E-state index contributed by atoms with van der Waals surface area (Å²) >= 11 is 9.41. The van der Waals surface area contributed by atoms with Crippen LogP contribution in [0.15, 0.2) is 22.7 Å². The third kappa shape index (κ3) is 4.38. The number of halogens is 2. The van der Waals surface area contributed by atoms with Gasteiger partial charge in [-0.3, -0.25) is 4.79 Å². The molecule has 0 atom stereocenters. The molecule has 23 heavy (non-hydrogen) atoms. The van der Waals surface area contributed by atoms with E-state index in [0.717, 1.165) is 4.47 Å². The summed E-state index contributed by atoms with van der Waals surface area (Å²) in [6, 6.07) is 5.28. The molecule has 1 saturated heterocycles. The summed E-state index contributed by atoms with van der Waals surface area (Å²) in [5, 5.41) is 0.562. The maximum atomic E-state index is 12.5. The molecule has 0 saturated carbocycles. The molecule has 0 N–H and O–H groups in total. The first-order chi connectivity index (χ1) is 10.6. The molecule has 126 valence electrons. The zero-order valence-electron chi connectivity index (χ0n) is 13.6. The van der Waals surface area contributed by atoms with Gasteiger partial charge in [0.15, 0.2) is 0 Å². The number of rotatable bonds is 2. The summed E-state index contributed by atoms with van der Waals surface area (Å²) in [7, 11) is 1.70. The van der Waals surface area contributed by atoms with Crippen molar-refractivity contribution >= 4 is 45.2 Å². The van der Waals surface area contributed by atoms with Crippen molar-refractivity contribution in [1.82, 2.24) is 4.90 Å². The highest BCUT2D eigenvalue weighted by molar-refractivity contribution is 9.10. The van der Waals surface area contributed by atoms with Crippen molar-refractivity contribution in [3.63, 3.8) is 0 Å². The third-order valence-corrected chi connectivity index (χ3v) is 4.39. The van der Waals surface area contributed by atoms with E-state index in [2.05, 4.69) is 15.9 Å².